The Morgan fingerprint density at radius 1 is 1.39 bits per heavy atom. The van der Waals surface area contributed by atoms with Crippen molar-refractivity contribution in [1.82, 2.24) is 19.4 Å². The van der Waals surface area contributed by atoms with Crippen molar-refractivity contribution in [2.24, 2.45) is 0 Å². The number of nitrogens with zero attached hydrogens (tertiary/aromatic N) is 3. The van der Waals surface area contributed by atoms with Crippen LogP contribution in [0.5, 0.6) is 0 Å². The second-order valence-electron chi connectivity index (χ2n) is 4.16. The maximum absolute atomic E-state index is 12.7. The first-order valence-electron chi connectivity index (χ1n) is 5.74. The quantitative estimate of drug-likeness (QED) is 0.889. The molecular weight excluding hydrogens is 238 g/mol. The van der Waals surface area contributed by atoms with Gasteiger partial charge in [-0.25, -0.2) is 4.98 Å². The molecule has 0 aliphatic carbocycles. The second kappa shape index (κ2) is 5.30. The van der Waals surface area contributed by atoms with Crippen LogP contribution in [0.15, 0.2) is 30.9 Å². The highest BCUT2D eigenvalue weighted by Gasteiger charge is 2.12. The predicted octanol–water partition coefficient (Wildman–Crippen LogP) is 2.41. The van der Waals surface area contributed by atoms with Gasteiger partial charge in [0.25, 0.3) is 0 Å². The monoisotopic (exact) mass is 254 g/mol. The third-order valence-corrected chi connectivity index (χ3v) is 2.99. The van der Waals surface area contributed by atoms with Gasteiger partial charge in [-0.2, -0.15) is 8.78 Å². The molecule has 6 heteroatoms. The van der Waals surface area contributed by atoms with Crippen molar-refractivity contribution in [1.29, 1.82) is 0 Å². The van der Waals surface area contributed by atoms with E-state index < -0.39 is 6.55 Å². The van der Waals surface area contributed by atoms with E-state index in [0.29, 0.717) is 12.4 Å². The summed E-state index contributed by atoms with van der Waals surface area (Å²) in [5, 5.41) is 3.13. The molecule has 0 saturated carbocycles. The lowest BCUT2D eigenvalue weighted by Crippen LogP contribution is -2.12. The maximum atomic E-state index is 12.7. The van der Waals surface area contributed by atoms with Crippen LogP contribution >= 0.6 is 0 Å². The minimum absolute atomic E-state index is 0.237. The van der Waals surface area contributed by atoms with Crippen LogP contribution in [0, 0.1) is 0 Å². The Morgan fingerprint density at radius 3 is 2.83 bits per heavy atom. The van der Waals surface area contributed by atoms with Crippen LogP contribution in [0.1, 0.15) is 30.9 Å². The predicted molar refractivity (Wildman–Crippen MR) is 64.5 cm³/mol. The van der Waals surface area contributed by atoms with E-state index >= 15 is 0 Å². The summed E-state index contributed by atoms with van der Waals surface area (Å²) >= 11 is 0. The normalized spacial score (nSPS) is 13.2. The zero-order chi connectivity index (χ0) is 13.1. The SMILES string of the molecule is CNC(C)c1ccn(Cc2nccn2C(F)F)c1. The molecule has 0 aliphatic rings. The molecule has 18 heavy (non-hydrogen) atoms. The van der Waals surface area contributed by atoms with Crippen molar-refractivity contribution < 1.29 is 8.78 Å². The van der Waals surface area contributed by atoms with Gasteiger partial charge in [0.15, 0.2) is 0 Å². The number of halogens is 2. The molecule has 0 aliphatic heterocycles. The molecule has 0 fully saturated rings. The van der Waals surface area contributed by atoms with E-state index in [1.165, 1.54) is 12.4 Å². The Balaban J connectivity index is 2.14. The van der Waals surface area contributed by atoms with Gasteiger partial charge < -0.3 is 9.88 Å². The van der Waals surface area contributed by atoms with Crippen LogP contribution in [-0.2, 0) is 6.54 Å². The Morgan fingerprint density at radius 2 is 2.17 bits per heavy atom. The summed E-state index contributed by atoms with van der Waals surface area (Å²) in [5.41, 5.74) is 1.12. The molecule has 2 aromatic rings. The largest absolute Gasteiger partial charge is 0.346 e. The van der Waals surface area contributed by atoms with E-state index in [9.17, 15) is 8.78 Å². The fourth-order valence-corrected chi connectivity index (χ4v) is 1.79. The van der Waals surface area contributed by atoms with Gasteiger partial charge in [0.2, 0.25) is 0 Å². The summed E-state index contributed by atoms with van der Waals surface area (Å²) in [5.74, 6) is 0.351. The summed E-state index contributed by atoms with van der Waals surface area (Å²) < 4.78 is 28.0. The molecule has 2 aromatic heterocycles. The zero-order valence-electron chi connectivity index (χ0n) is 10.3. The van der Waals surface area contributed by atoms with E-state index in [4.69, 9.17) is 0 Å². The average molecular weight is 254 g/mol. The number of hydrogen-bond donors (Lipinski definition) is 1. The lowest BCUT2D eigenvalue weighted by molar-refractivity contribution is 0.0667. The molecule has 1 N–H and O–H groups in total. The van der Waals surface area contributed by atoms with Crippen molar-refractivity contribution in [3.63, 3.8) is 0 Å². The first-order chi connectivity index (χ1) is 8.61. The van der Waals surface area contributed by atoms with Gasteiger partial charge in [0, 0.05) is 30.8 Å². The summed E-state index contributed by atoms with van der Waals surface area (Å²) in [4.78, 5) is 3.95. The molecule has 0 spiro atoms. The highest BCUT2D eigenvalue weighted by molar-refractivity contribution is 5.15. The first-order valence-corrected chi connectivity index (χ1v) is 5.74. The van der Waals surface area contributed by atoms with E-state index in [1.807, 2.05) is 37.0 Å². The molecule has 0 aromatic carbocycles. The molecule has 2 rings (SSSR count). The topological polar surface area (TPSA) is 34.8 Å². The molecule has 2 heterocycles. The van der Waals surface area contributed by atoms with Gasteiger partial charge in [-0.1, -0.05) is 0 Å². The summed E-state index contributed by atoms with van der Waals surface area (Å²) in [6, 6.07) is 2.21. The van der Waals surface area contributed by atoms with Crippen molar-refractivity contribution >= 4 is 0 Å². The second-order valence-corrected chi connectivity index (χ2v) is 4.16. The Labute approximate surface area is 104 Å². The third kappa shape index (κ3) is 2.59. The van der Waals surface area contributed by atoms with Gasteiger partial charge in [0.05, 0.1) is 6.54 Å². The van der Waals surface area contributed by atoms with Gasteiger partial charge >= 0.3 is 6.55 Å². The van der Waals surface area contributed by atoms with Crippen molar-refractivity contribution in [3.05, 3.63) is 42.2 Å². The molecule has 0 saturated heterocycles. The number of hydrogen-bond acceptors (Lipinski definition) is 2. The van der Waals surface area contributed by atoms with Gasteiger partial charge in [-0.15, -0.1) is 0 Å². The smallest absolute Gasteiger partial charge is 0.319 e. The summed E-state index contributed by atoms with van der Waals surface area (Å²) in [6.07, 6.45) is 6.49. The number of nitrogens with one attached hydrogen (secondary N) is 1. The Bertz CT molecular complexity index is 504. The van der Waals surface area contributed by atoms with Crippen LogP contribution < -0.4 is 5.32 Å². The lowest BCUT2D eigenvalue weighted by atomic mass is 10.2. The maximum Gasteiger partial charge on any atom is 0.319 e. The third-order valence-electron chi connectivity index (χ3n) is 2.99. The van der Waals surface area contributed by atoms with Crippen molar-refractivity contribution in [3.8, 4) is 0 Å². The van der Waals surface area contributed by atoms with E-state index in [2.05, 4.69) is 10.3 Å². The van der Waals surface area contributed by atoms with Crippen LogP contribution in [0.4, 0.5) is 8.78 Å². The standard InChI is InChI=1S/C12H16F2N4/c1-9(15-2)10-3-5-17(7-10)8-11-16-4-6-18(11)12(13)14/h3-7,9,12,15H,8H2,1-2H3. The molecule has 1 unspecified atom stereocenters. The van der Waals surface area contributed by atoms with E-state index in [1.54, 1.807) is 0 Å². The molecule has 0 amide bonds. The summed E-state index contributed by atoms with van der Waals surface area (Å²) in [6.45, 7) is -0.165. The zero-order valence-corrected chi connectivity index (χ0v) is 10.3. The number of aromatic nitrogens is 3. The fraction of sp³-hybridized carbons (Fsp3) is 0.417. The van der Waals surface area contributed by atoms with Crippen LogP contribution in [0.2, 0.25) is 0 Å². The molecule has 1 atom stereocenters. The van der Waals surface area contributed by atoms with E-state index in [-0.39, 0.29) is 6.04 Å². The van der Waals surface area contributed by atoms with Gasteiger partial charge in [-0.3, -0.25) is 4.57 Å². The summed E-state index contributed by atoms with van der Waals surface area (Å²) in [7, 11) is 1.88. The minimum atomic E-state index is -2.55. The van der Waals surface area contributed by atoms with Crippen molar-refractivity contribution in [2.75, 3.05) is 7.05 Å². The lowest BCUT2D eigenvalue weighted by Gasteiger charge is -2.08. The van der Waals surface area contributed by atoms with Crippen LogP contribution in [-0.4, -0.2) is 21.2 Å². The molecular formula is C12H16F2N4. The molecule has 4 nitrogen and oxygen atoms in total. The number of alkyl halides is 2. The number of rotatable bonds is 5. The van der Waals surface area contributed by atoms with Crippen LogP contribution in [0.3, 0.4) is 0 Å². The highest BCUT2D eigenvalue weighted by atomic mass is 19.3. The number of imidazole rings is 1. The van der Waals surface area contributed by atoms with E-state index in [0.717, 1.165) is 10.1 Å². The Hall–Kier alpha value is -1.69. The van der Waals surface area contributed by atoms with Gasteiger partial charge in [0.1, 0.15) is 5.82 Å². The average Bonchev–Trinajstić information content (AvgIpc) is 2.97. The minimum Gasteiger partial charge on any atom is -0.346 e. The molecule has 98 valence electrons. The van der Waals surface area contributed by atoms with Crippen molar-refractivity contribution in [2.45, 2.75) is 26.1 Å². The van der Waals surface area contributed by atoms with Crippen LogP contribution in [0.25, 0.3) is 0 Å². The fourth-order valence-electron chi connectivity index (χ4n) is 1.79. The van der Waals surface area contributed by atoms with Gasteiger partial charge in [-0.05, 0) is 25.6 Å². The molecule has 0 bridgehead atoms. The highest BCUT2D eigenvalue weighted by Crippen LogP contribution is 2.16. The molecule has 0 radical (unpaired) electrons. The Kier molecular flexibility index (Phi) is 3.76. The first kappa shape index (κ1) is 12.8.